The van der Waals surface area contributed by atoms with E-state index in [1.54, 1.807) is 27.7 Å². The van der Waals surface area contributed by atoms with E-state index in [-0.39, 0.29) is 6.73 Å². The van der Waals surface area contributed by atoms with Gasteiger partial charge in [-0.2, -0.15) is 0 Å². The van der Waals surface area contributed by atoms with Gasteiger partial charge in [-0.1, -0.05) is 0 Å². The first-order valence-electron chi connectivity index (χ1n) is 3.83. The molecular weight excluding hydrogens is 158 g/mol. The van der Waals surface area contributed by atoms with Gasteiger partial charge in [0.1, 0.15) is 0 Å². The Morgan fingerprint density at radius 2 is 1.83 bits per heavy atom. The molecule has 0 aliphatic rings. The van der Waals surface area contributed by atoms with Crippen molar-refractivity contribution in [3.8, 4) is 0 Å². The molecule has 0 aliphatic carbocycles. The maximum atomic E-state index is 10.8. The van der Waals surface area contributed by atoms with Gasteiger partial charge in [0.15, 0.2) is 0 Å². The van der Waals surface area contributed by atoms with E-state index < -0.39 is 17.0 Å². The minimum atomic E-state index is -0.938. The normalized spacial score (nSPS) is 13.1. The zero-order chi connectivity index (χ0) is 9.99. The first-order chi connectivity index (χ1) is 5.25. The fourth-order valence-corrected chi connectivity index (χ4v) is 0.646. The molecule has 0 amide bonds. The molecule has 3 N–H and O–H groups in total. The molecule has 0 aromatic rings. The van der Waals surface area contributed by atoms with Crippen LogP contribution in [0.25, 0.3) is 0 Å². The van der Waals surface area contributed by atoms with Crippen molar-refractivity contribution >= 4 is 5.97 Å². The van der Waals surface area contributed by atoms with Crippen LogP contribution in [0.3, 0.4) is 0 Å². The minimum absolute atomic E-state index is 0.0315. The molecule has 0 bridgehead atoms. The van der Waals surface area contributed by atoms with E-state index in [4.69, 9.17) is 15.6 Å². The molecule has 0 heterocycles. The maximum absolute atomic E-state index is 10.8. The first-order valence-corrected chi connectivity index (χ1v) is 3.83. The second kappa shape index (κ2) is 3.41. The summed E-state index contributed by atoms with van der Waals surface area (Å²) in [4.78, 5) is 10.8. The molecule has 0 rings (SSSR count). The van der Waals surface area contributed by atoms with Gasteiger partial charge in [0.25, 0.3) is 0 Å². The Bertz CT molecular complexity index is 175. The van der Waals surface area contributed by atoms with Crippen molar-refractivity contribution in [3.05, 3.63) is 0 Å². The number of rotatable bonds is 4. The smallest absolute Gasteiger partial charge is 0.311 e. The Labute approximate surface area is 72.7 Å². The summed E-state index contributed by atoms with van der Waals surface area (Å²) in [5.41, 5.74) is 3.50. The number of ether oxygens (including phenoxy) is 1. The third kappa shape index (κ3) is 1.95. The van der Waals surface area contributed by atoms with Gasteiger partial charge in [-0.25, -0.2) is 0 Å². The number of carbonyl (C=O) groups is 1. The quantitative estimate of drug-likeness (QED) is 0.620. The van der Waals surface area contributed by atoms with Crippen molar-refractivity contribution < 1.29 is 14.6 Å². The van der Waals surface area contributed by atoms with E-state index in [1.165, 1.54) is 0 Å². The second-order valence-electron chi connectivity index (χ2n) is 3.75. The van der Waals surface area contributed by atoms with E-state index in [0.717, 1.165) is 0 Å². The number of carboxylic acids is 1. The highest BCUT2D eigenvalue weighted by atomic mass is 16.5. The van der Waals surface area contributed by atoms with E-state index >= 15 is 0 Å². The maximum Gasteiger partial charge on any atom is 0.311 e. The molecule has 0 fully saturated rings. The van der Waals surface area contributed by atoms with Gasteiger partial charge in [-0.15, -0.1) is 0 Å². The molecule has 0 atom stereocenters. The fraction of sp³-hybridized carbons (Fsp3) is 0.875. The van der Waals surface area contributed by atoms with Crippen molar-refractivity contribution in [2.75, 3.05) is 6.73 Å². The second-order valence-corrected chi connectivity index (χ2v) is 3.75. The Morgan fingerprint density at radius 1 is 1.42 bits per heavy atom. The number of hydrogen-bond donors (Lipinski definition) is 2. The summed E-state index contributed by atoms with van der Waals surface area (Å²) in [7, 11) is 0. The number of carboxylic acid groups (broad SMARTS) is 1. The lowest BCUT2D eigenvalue weighted by Crippen LogP contribution is -2.47. The summed E-state index contributed by atoms with van der Waals surface area (Å²) in [6.07, 6.45) is 0. The fourth-order valence-electron chi connectivity index (χ4n) is 0.646. The largest absolute Gasteiger partial charge is 0.481 e. The predicted octanol–water partition coefficient (Wildman–Crippen LogP) is 0.809. The molecular formula is C8H17NO3. The Hall–Kier alpha value is -0.610. The zero-order valence-electron chi connectivity index (χ0n) is 8.05. The van der Waals surface area contributed by atoms with Gasteiger partial charge in [-0.3, -0.25) is 4.79 Å². The average Bonchev–Trinajstić information content (AvgIpc) is 1.86. The number of hydrogen-bond acceptors (Lipinski definition) is 3. The molecule has 4 nitrogen and oxygen atoms in total. The molecule has 0 aliphatic heterocycles. The van der Waals surface area contributed by atoms with Crippen LogP contribution in [-0.2, 0) is 9.53 Å². The summed E-state index contributed by atoms with van der Waals surface area (Å²) in [6.45, 7) is 6.70. The molecule has 0 aromatic carbocycles. The highest BCUT2D eigenvalue weighted by Crippen LogP contribution is 2.33. The van der Waals surface area contributed by atoms with Gasteiger partial charge in [-0.05, 0) is 27.7 Å². The monoisotopic (exact) mass is 175 g/mol. The van der Waals surface area contributed by atoms with Crippen molar-refractivity contribution in [1.82, 2.24) is 0 Å². The van der Waals surface area contributed by atoms with E-state index in [2.05, 4.69) is 0 Å². The average molecular weight is 175 g/mol. The van der Waals surface area contributed by atoms with Crippen LogP contribution >= 0.6 is 0 Å². The van der Waals surface area contributed by atoms with Crippen molar-refractivity contribution in [2.45, 2.75) is 33.3 Å². The lowest BCUT2D eigenvalue weighted by atomic mass is 9.77. The summed E-state index contributed by atoms with van der Waals surface area (Å²) in [6, 6.07) is 0. The van der Waals surface area contributed by atoms with E-state index in [0.29, 0.717) is 0 Å². The van der Waals surface area contributed by atoms with Crippen molar-refractivity contribution in [3.63, 3.8) is 0 Å². The van der Waals surface area contributed by atoms with E-state index in [9.17, 15) is 4.79 Å². The van der Waals surface area contributed by atoms with Crippen LogP contribution in [-0.4, -0.2) is 23.4 Å². The van der Waals surface area contributed by atoms with Crippen LogP contribution in [0.15, 0.2) is 0 Å². The van der Waals surface area contributed by atoms with Crippen LogP contribution in [0.4, 0.5) is 0 Å². The van der Waals surface area contributed by atoms with E-state index in [1.807, 2.05) is 0 Å². The summed E-state index contributed by atoms with van der Waals surface area (Å²) >= 11 is 0. The van der Waals surface area contributed by atoms with Crippen LogP contribution < -0.4 is 5.73 Å². The molecule has 4 heteroatoms. The third-order valence-corrected chi connectivity index (χ3v) is 2.48. The highest BCUT2D eigenvalue weighted by molar-refractivity contribution is 5.75. The van der Waals surface area contributed by atoms with Gasteiger partial charge in [0, 0.05) is 0 Å². The SMILES string of the molecule is CC(C)(OCN)C(C)(C)C(=O)O. The summed E-state index contributed by atoms with van der Waals surface area (Å²) in [5, 5.41) is 8.88. The Kier molecular flexibility index (Phi) is 3.24. The van der Waals surface area contributed by atoms with Crippen LogP contribution in [0, 0.1) is 5.41 Å². The van der Waals surface area contributed by atoms with Crippen LogP contribution in [0.2, 0.25) is 0 Å². The highest BCUT2D eigenvalue weighted by Gasteiger charge is 2.44. The zero-order valence-corrected chi connectivity index (χ0v) is 8.05. The van der Waals surface area contributed by atoms with Gasteiger partial charge < -0.3 is 15.6 Å². The molecule has 12 heavy (non-hydrogen) atoms. The lowest BCUT2D eigenvalue weighted by molar-refractivity contribution is -0.167. The summed E-state index contributed by atoms with van der Waals surface area (Å²) in [5.74, 6) is -0.888. The Morgan fingerprint density at radius 3 is 2.08 bits per heavy atom. The number of nitrogens with two attached hydrogens (primary N) is 1. The minimum Gasteiger partial charge on any atom is -0.481 e. The molecule has 0 unspecified atom stereocenters. The predicted molar refractivity (Wildman–Crippen MR) is 45.6 cm³/mol. The molecule has 0 spiro atoms. The molecule has 0 radical (unpaired) electrons. The van der Waals surface area contributed by atoms with Crippen molar-refractivity contribution in [1.29, 1.82) is 0 Å². The lowest BCUT2D eigenvalue weighted by Gasteiger charge is -2.37. The molecule has 0 saturated carbocycles. The first kappa shape index (κ1) is 11.4. The standard InChI is InChI=1S/C8H17NO3/c1-7(2,6(10)11)8(3,4)12-5-9/h5,9H2,1-4H3,(H,10,11). The van der Waals surface area contributed by atoms with Gasteiger partial charge in [0.2, 0.25) is 0 Å². The third-order valence-electron chi connectivity index (χ3n) is 2.48. The topological polar surface area (TPSA) is 72.5 Å². The Balaban J connectivity index is 4.62. The van der Waals surface area contributed by atoms with Crippen LogP contribution in [0.1, 0.15) is 27.7 Å². The van der Waals surface area contributed by atoms with Gasteiger partial charge in [0.05, 0.1) is 17.7 Å². The molecule has 72 valence electrons. The summed E-state index contributed by atoms with van der Waals surface area (Å²) < 4.78 is 5.15. The van der Waals surface area contributed by atoms with Gasteiger partial charge >= 0.3 is 5.97 Å². The van der Waals surface area contributed by atoms with Crippen LogP contribution in [0.5, 0.6) is 0 Å². The number of aliphatic carboxylic acids is 1. The molecule has 0 saturated heterocycles. The molecule has 0 aromatic heterocycles. The van der Waals surface area contributed by atoms with Crippen molar-refractivity contribution in [2.24, 2.45) is 11.1 Å².